The van der Waals surface area contributed by atoms with Crippen LogP contribution in [0.15, 0.2) is 48.5 Å². The summed E-state index contributed by atoms with van der Waals surface area (Å²) >= 11 is 12.7. The van der Waals surface area contributed by atoms with Crippen LogP contribution in [0, 0.1) is 0 Å². The van der Waals surface area contributed by atoms with Gasteiger partial charge in [0.15, 0.2) is 0 Å². The normalized spacial score (nSPS) is 11.3. The topological polar surface area (TPSA) is 27.7 Å². The van der Waals surface area contributed by atoms with Crippen LogP contribution in [0.1, 0.15) is 5.56 Å². The largest absolute Gasteiger partial charge is 0.496 e. The van der Waals surface area contributed by atoms with Crippen LogP contribution in [-0.2, 0) is 6.18 Å². The lowest BCUT2D eigenvalue weighted by atomic mass is 9.97. The van der Waals surface area contributed by atoms with E-state index < -0.39 is 11.7 Å². The Balaban J connectivity index is 2.19. The van der Waals surface area contributed by atoms with Crippen molar-refractivity contribution in [2.75, 3.05) is 21.3 Å². The Hall–Kier alpha value is -2.57. The van der Waals surface area contributed by atoms with Gasteiger partial charge in [-0.1, -0.05) is 29.3 Å². The standard InChI is InChI=1S/C22H17Cl2F3O3/c1-28-18-10-12(22(25,26)27)4-6-14(18)16-8-9-17(21(30-3)20(16)24)15-7-5-13(23)11-19(15)29-2/h4-11H,1-3H3. The van der Waals surface area contributed by atoms with Crippen molar-refractivity contribution in [1.29, 1.82) is 0 Å². The summed E-state index contributed by atoms with van der Waals surface area (Å²) in [4.78, 5) is 0. The van der Waals surface area contributed by atoms with E-state index in [0.29, 0.717) is 38.8 Å². The Bertz CT molecular complexity index is 1080. The van der Waals surface area contributed by atoms with Gasteiger partial charge in [0.25, 0.3) is 0 Å². The second-order valence-corrected chi connectivity index (χ2v) is 7.08. The van der Waals surface area contributed by atoms with Gasteiger partial charge in [-0.3, -0.25) is 0 Å². The summed E-state index contributed by atoms with van der Waals surface area (Å²) in [6.45, 7) is 0. The minimum atomic E-state index is -4.48. The summed E-state index contributed by atoms with van der Waals surface area (Å²) in [5.41, 5.74) is 1.41. The molecule has 0 atom stereocenters. The molecule has 0 aliphatic heterocycles. The second-order valence-electron chi connectivity index (χ2n) is 6.27. The third-order valence-electron chi connectivity index (χ3n) is 4.57. The fraction of sp³-hybridized carbons (Fsp3) is 0.182. The van der Waals surface area contributed by atoms with Gasteiger partial charge in [0.1, 0.15) is 17.2 Å². The highest BCUT2D eigenvalue weighted by atomic mass is 35.5. The molecule has 0 saturated heterocycles. The summed E-state index contributed by atoms with van der Waals surface area (Å²) < 4.78 is 55.3. The van der Waals surface area contributed by atoms with E-state index in [1.165, 1.54) is 27.4 Å². The van der Waals surface area contributed by atoms with Gasteiger partial charge in [0.05, 0.1) is 31.9 Å². The van der Waals surface area contributed by atoms with E-state index in [4.69, 9.17) is 37.4 Å². The van der Waals surface area contributed by atoms with E-state index in [1.54, 1.807) is 30.3 Å². The molecule has 0 amide bonds. The SMILES string of the molecule is COc1cc(C(F)(F)F)ccc1-c1ccc(-c2ccc(Cl)cc2OC)c(OC)c1Cl. The predicted octanol–water partition coefficient (Wildman–Crippen LogP) is 7.37. The predicted molar refractivity (Wildman–Crippen MR) is 112 cm³/mol. The van der Waals surface area contributed by atoms with Crippen LogP contribution in [0.5, 0.6) is 17.2 Å². The highest BCUT2D eigenvalue weighted by molar-refractivity contribution is 6.35. The number of hydrogen-bond donors (Lipinski definition) is 0. The quantitative estimate of drug-likeness (QED) is 0.400. The van der Waals surface area contributed by atoms with Crippen molar-refractivity contribution in [3.05, 3.63) is 64.1 Å². The van der Waals surface area contributed by atoms with Crippen LogP contribution >= 0.6 is 23.2 Å². The zero-order valence-corrected chi connectivity index (χ0v) is 17.7. The summed E-state index contributed by atoms with van der Waals surface area (Å²) in [5.74, 6) is 0.916. The Morgan fingerprint density at radius 3 is 1.80 bits per heavy atom. The molecule has 30 heavy (non-hydrogen) atoms. The molecule has 3 nitrogen and oxygen atoms in total. The van der Waals surface area contributed by atoms with Crippen LogP contribution < -0.4 is 14.2 Å². The first kappa shape index (κ1) is 22.1. The molecule has 0 radical (unpaired) electrons. The molecule has 3 rings (SSSR count). The van der Waals surface area contributed by atoms with Crippen LogP contribution in [0.25, 0.3) is 22.3 Å². The molecular weight excluding hydrogens is 440 g/mol. The van der Waals surface area contributed by atoms with Crippen LogP contribution in [0.2, 0.25) is 10.0 Å². The van der Waals surface area contributed by atoms with Crippen LogP contribution in [-0.4, -0.2) is 21.3 Å². The van der Waals surface area contributed by atoms with Crippen molar-refractivity contribution in [3.8, 4) is 39.5 Å². The van der Waals surface area contributed by atoms with Gasteiger partial charge in [-0.15, -0.1) is 0 Å². The zero-order valence-electron chi connectivity index (χ0n) is 16.2. The lowest BCUT2D eigenvalue weighted by Gasteiger charge is -2.18. The Labute approximate surface area is 181 Å². The molecule has 3 aromatic carbocycles. The summed E-state index contributed by atoms with van der Waals surface area (Å²) in [7, 11) is 4.28. The highest BCUT2D eigenvalue weighted by Gasteiger charge is 2.31. The van der Waals surface area contributed by atoms with Crippen molar-refractivity contribution in [2.24, 2.45) is 0 Å². The van der Waals surface area contributed by atoms with E-state index in [9.17, 15) is 13.2 Å². The van der Waals surface area contributed by atoms with Gasteiger partial charge in [0, 0.05) is 27.3 Å². The van der Waals surface area contributed by atoms with Gasteiger partial charge in [-0.05, 0) is 42.5 Å². The fourth-order valence-electron chi connectivity index (χ4n) is 3.15. The first-order chi connectivity index (χ1) is 14.2. The lowest BCUT2D eigenvalue weighted by Crippen LogP contribution is -2.05. The molecule has 0 heterocycles. The van der Waals surface area contributed by atoms with E-state index >= 15 is 0 Å². The minimum absolute atomic E-state index is 0.0469. The summed E-state index contributed by atoms with van der Waals surface area (Å²) in [5, 5.41) is 0.733. The zero-order chi connectivity index (χ0) is 22.1. The van der Waals surface area contributed by atoms with Crippen LogP contribution in [0.4, 0.5) is 13.2 Å². The average molecular weight is 457 g/mol. The number of halogens is 5. The molecule has 0 fully saturated rings. The molecule has 8 heteroatoms. The third-order valence-corrected chi connectivity index (χ3v) is 5.18. The average Bonchev–Trinajstić information content (AvgIpc) is 2.72. The molecule has 0 N–H and O–H groups in total. The monoisotopic (exact) mass is 456 g/mol. The summed E-state index contributed by atoms with van der Waals surface area (Å²) in [6.07, 6.45) is -4.48. The molecule has 0 spiro atoms. The van der Waals surface area contributed by atoms with Crippen molar-refractivity contribution in [1.82, 2.24) is 0 Å². The Morgan fingerprint density at radius 1 is 0.667 bits per heavy atom. The second kappa shape index (κ2) is 8.66. The van der Waals surface area contributed by atoms with Gasteiger partial charge < -0.3 is 14.2 Å². The maximum atomic E-state index is 13.1. The van der Waals surface area contributed by atoms with Crippen LogP contribution in [0.3, 0.4) is 0 Å². The lowest BCUT2D eigenvalue weighted by molar-refractivity contribution is -0.137. The van der Waals surface area contributed by atoms with Gasteiger partial charge in [-0.2, -0.15) is 13.2 Å². The Morgan fingerprint density at radius 2 is 1.20 bits per heavy atom. The summed E-state index contributed by atoms with van der Waals surface area (Å²) in [6, 6.07) is 11.8. The van der Waals surface area contributed by atoms with Gasteiger partial charge in [-0.25, -0.2) is 0 Å². The molecule has 3 aromatic rings. The molecule has 0 unspecified atom stereocenters. The van der Waals surface area contributed by atoms with E-state index in [2.05, 4.69) is 0 Å². The van der Waals surface area contributed by atoms with E-state index in [0.717, 1.165) is 12.1 Å². The van der Waals surface area contributed by atoms with E-state index in [1.807, 2.05) is 0 Å². The van der Waals surface area contributed by atoms with Gasteiger partial charge >= 0.3 is 6.18 Å². The number of ether oxygens (including phenoxy) is 3. The molecule has 0 aliphatic carbocycles. The molecule has 0 aromatic heterocycles. The maximum Gasteiger partial charge on any atom is 0.416 e. The van der Waals surface area contributed by atoms with Crippen molar-refractivity contribution in [3.63, 3.8) is 0 Å². The third kappa shape index (κ3) is 4.16. The number of rotatable bonds is 5. The molecular formula is C22H17Cl2F3O3. The number of methoxy groups -OCH3 is 3. The minimum Gasteiger partial charge on any atom is -0.496 e. The molecule has 0 saturated carbocycles. The van der Waals surface area contributed by atoms with E-state index in [-0.39, 0.29) is 10.8 Å². The van der Waals surface area contributed by atoms with Crippen molar-refractivity contribution >= 4 is 23.2 Å². The molecule has 0 aliphatic rings. The number of alkyl halides is 3. The highest BCUT2D eigenvalue weighted by Crippen LogP contribution is 2.47. The number of hydrogen-bond acceptors (Lipinski definition) is 3. The fourth-order valence-corrected chi connectivity index (χ4v) is 3.66. The first-order valence-corrected chi connectivity index (χ1v) is 9.42. The van der Waals surface area contributed by atoms with Crippen molar-refractivity contribution in [2.45, 2.75) is 6.18 Å². The Kier molecular flexibility index (Phi) is 6.38. The molecule has 158 valence electrons. The van der Waals surface area contributed by atoms with Gasteiger partial charge in [0.2, 0.25) is 0 Å². The number of benzene rings is 3. The smallest absolute Gasteiger partial charge is 0.416 e. The first-order valence-electron chi connectivity index (χ1n) is 8.67. The van der Waals surface area contributed by atoms with Crippen molar-refractivity contribution < 1.29 is 27.4 Å². The maximum absolute atomic E-state index is 13.1. The molecule has 0 bridgehead atoms.